The van der Waals surface area contributed by atoms with Crippen molar-refractivity contribution in [1.82, 2.24) is 9.97 Å². The Morgan fingerprint density at radius 2 is 2.18 bits per heavy atom. The van der Waals surface area contributed by atoms with Gasteiger partial charge >= 0.3 is 6.01 Å². The maximum absolute atomic E-state index is 8.70. The van der Waals surface area contributed by atoms with Gasteiger partial charge < -0.3 is 4.74 Å². The summed E-state index contributed by atoms with van der Waals surface area (Å²) in [6.45, 7) is 1.88. The second-order valence-electron chi connectivity index (χ2n) is 3.35. The van der Waals surface area contributed by atoms with Gasteiger partial charge in [-0.2, -0.15) is 10.2 Å². The van der Waals surface area contributed by atoms with Crippen LogP contribution in [0.25, 0.3) is 0 Å². The van der Waals surface area contributed by atoms with Crippen molar-refractivity contribution in [3.63, 3.8) is 0 Å². The van der Waals surface area contributed by atoms with Gasteiger partial charge in [0.15, 0.2) is 0 Å². The fourth-order valence-electron chi connectivity index (χ4n) is 1.24. The molecule has 0 spiro atoms. The third-order valence-electron chi connectivity index (χ3n) is 2.09. The van der Waals surface area contributed by atoms with Crippen molar-refractivity contribution in [2.24, 2.45) is 0 Å². The van der Waals surface area contributed by atoms with E-state index in [4.69, 9.17) is 21.6 Å². The van der Waals surface area contributed by atoms with E-state index in [-0.39, 0.29) is 11.7 Å². The molecule has 2 aromatic rings. The molecule has 0 atom stereocenters. The molecule has 0 saturated heterocycles. The molecule has 1 aromatic heterocycles. The molecule has 2 rings (SSSR count). The van der Waals surface area contributed by atoms with Gasteiger partial charge in [0.2, 0.25) is 0 Å². The molecule has 5 heteroatoms. The van der Waals surface area contributed by atoms with Gasteiger partial charge in [-0.15, -0.1) is 0 Å². The van der Waals surface area contributed by atoms with Crippen molar-refractivity contribution >= 4 is 11.6 Å². The number of rotatable bonds is 2. The Kier molecular flexibility index (Phi) is 3.22. The summed E-state index contributed by atoms with van der Waals surface area (Å²) >= 11 is 5.90. The van der Waals surface area contributed by atoms with Gasteiger partial charge in [0.25, 0.3) is 0 Å². The van der Waals surface area contributed by atoms with Crippen LogP contribution in [-0.4, -0.2) is 9.97 Å². The minimum atomic E-state index is 0.144. The SMILES string of the molecule is Cc1cc(Oc2nccc(C#N)n2)ccc1Cl. The lowest BCUT2D eigenvalue weighted by Gasteiger charge is -2.05. The van der Waals surface area contributed by atoms with E-state index in [1.807, 2.05) is 13.0 Å². The summed E-state index contributed by atoms with van der Waals surface area (Å²) in [6.07, 6.45) is 1.48. The van der Waals surface area contributed by atoms with Crippen molar-refractivity contribution in [2.75, 3.05) is 0 Å². The van der Waals surface area contributed by atoms with E-state index in [0.29, 0.717) is 10.8 Å². The molecule has 0 fully saturated rings. The van der Waals surface area contributed by atoms with Crippen LogP contribution in [0.5, 0.6) is 11.8 Å². The van der Waals surface area contributed by atoms with Crippen molar-refractivity contribution in [2.45, 2.75) is 6.92 Å². The van der Waals surface area contributed by atoms with Crippen LogP contribution < -0.4 is 4.74 Å². The van der Waals surface area contributed by atoms with Gasteiger partial charge in [-0.05, 0) is 36.8 Å². The lowest BCUT2D eigenvalue weighted by molar-refractivity contribution is 0.441. The number of aromatic nitrogens is 2. The van der Waals surface area contributed by atoms with Gasteiger partial charge in [-0.3, -0.25) is 0 Å². The highest BCUT2D eigenvalue weighted by atomic mass is 35.5. The van der Waals surface area contributed by atoms with Crippen LogP contribution in [0.2, 0.25) is 5.02 Å². The largest absolute Gasteiger partial charge is 0.424 e. The Balaban J connectivity index is 2.25. The molecule has 17 heavy (non-hydrogen) atoms. The summed E-state index contributed by atoms with van der Waals surface area (Å²) in [7, 11) is 0. The topological polar surface area (TPSA) is 58.8 Å². The summed E-state index contributed by atoms with van der Waals surface area (Å²) in [5.41, 5.74) is 1.17. The highest BCUT2D eigenvalue weighted by Crippen LogP contribution is 2.23. The molecule has 1 aromatic carbocycles. The average molecular weight is 246 g/mol. The predicted molar refractivity (Wildman–Crippen MR) is 63.0 cm³/mol. The standard InChI is InChI=1S/C12H8ClN3O/c1-8-6-10(2-3-11(8)13)17-12-15-5-4-9(7-14)16-12/h2-6H,1H3. The lowest BCUT2D eigenvalue weighted by Crippen LogP contribution is -1.93. The Morgan fingerprint density at radius 3 is 2.88 bits per heavy atom. The van der Waals surface area contributed by atoms with E-state index < -0.39 is 0 Å². The first kappa shape index (κ1) is 11.4. The van der Waals surface area contributed by atoms with E-state index in [1.165, 1.54) is 12.3 Å². The van der Waals surface area contributed by atoms with Gasteiger partial charge in [0.05, 0.1) is 0 Å². The summed E-state index contributed by atoms with van der Waals surface area (Å²) in [5, 5.41) is 9.37. The van der Waals surface area contributed by atoms with E-state index in [0.717, 1.165) is 5.56 Å². The van der Waals surface area contributed by atoms with Crippen LogP contribution in [0.4, 0.5) is 0 Å². The molecule has 0 unspecified atom stereocenters. The minimum Gasteiger partial charge on any atom is -0.424 e. The number of aryl methyl sites for hydroxylation is 1. The first-order chi connectivity index (χ1) is 8.19. The quantitative estimate of drug-likeness (QED) is 0.816. The summed E-state index contributed by atoms with van der Waals surface area (Å²) in [6, 6.07) is 8.82. The molecule has 0 saturated carbocycles. The maximum Gasteiger partial charge on any atom is 0.323 e. The molecule has 0 aliphatic heterocycles. The maximum atomic E-state index is 8.70. The highest BCUT2D eigenvalue weighted by Gasteiger charge is 2.03. The number of halogens is 1. The van der Waals surface area contributed by atoms with Gasteiger partial charge in [0, 0.05) is 11.2 Å². The number of nitriles is 1. The van der Waals surface area contributed by atoms with E-state index in [9.17, 15) is 0 Å². The van der Waals surface area contributed by atoms with Crippen molar-refractivity contribution in [3.8, 4) is 17.8 Å². The molecule has 84 valence electrons. The second-order valence-corrected chi connectivity index (χ2v) is 3.76. The van der Waals surface area contributed by atoms with E-state index in [2.05, 4.69) is 9.97 Å². The first-order valence-corrected chi connectivity index (χ1v) is 5.24. The zero-order valence-electron chi connectivity index (χ0n) is 9.01. The second kappa shape index (κ2) is 4.81. The van der Waals surface area contributed by atoms with E-state index in [1.54, 1.807) is 18.2 Å². The summed E-state index contributed by atoms with van der Waals surface area (Å²) < 4.78 is 5.42. The van der Waals surface area contributed by atoms with Gasteiger partial charge in [-0.1, -0.05) is 11.6 Å². The number of benzene rings is 1. The number of ether oxygens (including phenoxy) is 1. The number of nitrogens with zero attached hydrogens (tertiary/aromatic N) is 3. The van der Waals surface area contributed by atoms with Crippen LogP contribution in [-0.2, 0) is 0 Å². The van der Waals surface area contributed by atoms with Crippen LogP contribution >= 0.6 is 11.6 Å². The highest BCUT2D eigenvalue weighted by molar-refractivity contribution is 6.31. The summed E-state index contributed by atoms with van der Waals surface area (Å²) in [4.78, 5) is 7.83. The van der Waals surface area contributed by atoms with Crippen molar-refractivity contribution < 1.29 is 4.74 Å². The predicted octanol–water partition coefficient (Wildman–Crippen LogP) is 3.10. The molecule has 1 heterocycles. The third-order valence-corrected chi connectivity index (χ3v) is 2.51. The van der Waals surface area contributed by atoms with E-state index >= 15 is 0 Å². The Hall–Kier alpha value is -2.12. The molecular weight excluding hydrogens is 238 g/mol. The Labute approximate surface area is 103 Å². The molecule has 0 aliphatic carbocycles. The fraction of sp³-hybridized carbons (Fsp3) is 0.0833. The zero-order valence-corrected chi connectivity index (χ0v) is 9.77. The molecule has 0 bridgehead atoms. The molecular formula is C12H8ClN3O. The zero-order chi connectivity index (χ0) is 12.3. The Bertz CT molecular complexity index is 593. The number of hydrogen-bond donors (Lipinski definition) is 0. The van der Waals surface area contributed by atoms with Gasteiger partial charge in [-0.25, -0.2) is 4.98 Å². The lowest BCUT2D eigenvalue weighted by atomic mass is 10.2. The number of hydrogen-bond acceptors (Lipinski definition) is 4. The monoisotopic (exact) mass is 245 g/mol. The van der Waals surface area contributed by atoms with Crippen LogP contribution in [0, 0.1) is 18.3 Å². The molecule has 0 amide bonds. The fourth-order valence-corrected chi connectivity index (χ4v) is 1.36. The van der Waals surface area contributed by atoms with Gasteiger partial charge in [0.1, 0.15) is 17.5 Å². The van der Waals surface area contributed by atoms with Crippen LogP contribution in [0.15, 0.2) is 30.5 Å². The average Bonchev–Trinajstić information content (AvgIpc) is 2.34. The third kappa shape index (κ3) is 2.71. The minimum absolute atomic E-state index is 0.144. The molecule has 4 nitrogen and oxygen atoms in total. The molecule has 0 N–H and O–H groups in total. The normalized spacial score (nSPS) is 9.71. The molecule has 0 aliphatic rings. The van der Waals surface area contributed by atoms with Crippen molar-refractivity contribution in [3.05, 3.63) is 46.7 Å². The molecule has 0 radical (unpaired) electrons. The Morgan fingerprint density at radius 1 is 1.35 bits per heavy atom. The van der Waals surface area contributed by atoms with Crippen LogP contribution in [0.1, 0.15) is 11.3 Å². The smallest absolute Gasteiger partial charge is 0.323 e. The van der Waals surface area contributed by atoms with Crippen LogP contribution in [0.3, 0.4) is 0 Å². The summed E-state index contributed by atoms with van der Waals surface area (Å²) in [5.74, 6) is 0.585. The first-order valence-electron chi connectivity index (χ1n) is 4.86. The van der Waals surface area contributed by atoms with Crippen molar-refractivity contribution in [1.29, 1.82) is 5.26 Å².